The van der Waals surface area contributed by atoms with Gasteiger partial charge in [-0.1, -0.05) is 51.0 Å². The van der Waals surface area contributed by atoms with Crippen molar-refractivity contribution in [3.63, 3.8) is 0 Å². The molecule has 0 amide bonds. The second kappa shape index (κ2) is 11.0. The van der Waals surface area contributed by atoms with Gasteiger partial charge in [0.05, 0.1) is 17.8 Å². The molecule has 0 aromatic rings. The van der Waals surface area contributed by atoms with Crippen LogP contribution in [0.25, 0.3) is 0 Å². The van der Waals surface area contributed by atoms with Gasteiger partial charge in [0.1, 0.15) is 0 Å². The van der Waals surface area contributed by atoms with E-state index < -0.39 is 17.8 Å². The molecule has 3 fully saturated rings. The molecule has 0 aromatic carbocycles. The Labute approximate surface area is 210 Å². The molecule has 3 rings (SSSR count). The van der Waals surface area contributed by atoms with Gasteiger partial charge in [0.15, 0.2) is 0 Å². The van der Waals surface area contributed by atoms with E-state index in [1.54, 1.807) is 5.57 Å². The molecule has 4 heteroatoms. The Morgan fingerprint density at radius 2 is 1.94 bits per heavy atom. The monoisotopic (exact) mass is 626 g/mol. The fourth-order valence-corrected chi connectivity index (χ4v) is 6.74. The van der Waals surface area contributed by atoms with E-state index in [1.807, 2.05) is 13.8 Å². The van der Waals surface area contributed by atoms with Crippen LogP contribution in [0.5, 0.6) is 0 Å². The summed E-state index contributed by atoms with van der Waals surface area (Å²) < 4.78 is 0. The van der Waals surface area contributed by atoms with Crippen molar-refractivity contribution in [1.29, 1.82) is 0 Å². The number of rotatable bonds is 6. The van der Waals surface area contributed by atoms with Crippen molar-refractivity contribution in [3.8, 4) is 0 Å². The van der Waals surface area contributed by atoms with Crippen molar-refractivity contribution < 1.29 is 15.3 Å². The van der Waals surface area contributed by atoms with Crippen LogP contribution in [0.4, 0.5) is 0 Å². The van der Waals surface area contributed by atoms with Gasteiger partial charge >= 0.3 is 27.3 Å². The van der Waals surface area contributed by atoms with Gasteiger partial charge in [0, 0.05) is 6.42 Å². The van der Waals surface area contributed by atoms with Gasteiger partial charge in [-0.25, -0.2) is 0 Å². The fraction of sp³-hybridized carbons (Fsp3) is 0.778. The zero-order chi connectivity index (χ0) is 22.1. The molecular formula is C27H46O3Pb. The molecular weight excluding hydrogens is 579 g/mol. The van der Waals surface area contributed by atoms with Crippen molar-refractivity contribution >= 4 is 27.3 Å². The average Bonchev–Trinajstić information content (AvgIpc) is 3.00. The third-order valence-corrected chi connectivity index (χ3v) is 8.44. The Morgan fingerprint density at radius 3 is 2.61 bits per heavy atom. The number of hydrogen-bond acceptors (Lipinski definition) is 3. The molecule has 0 spiro atoms. The first kappa shape index (κ1) is 27.3. The van der Waals surface area contributed by atoms with Gasteiger partial charge in [-0.05, 0) is 93.1 Å². The maximum absolute atomic E-state index is 10.1. The third-order valence-electron chi connectivity index (χ3n) is 8.44. The molecule has 31 heavy (non-hydrogen) atoms. The first-order chi connectivity index (χ1) is 14.0. The van der Waals surface area contributed by atoms with Crippen LogP contribution >= 0.6 is 0 Å². The Hall–Kier alpha value is 0.0221. The Bertz CT molecular complexity index is 689. The summed E-state index contributed by atoms with van der Waals surface area (Å²) in [5, 5.41) is 30.2. The summed E-state index contributed by atoms with van der Waals surface area (Å²) in [5.41, 5.74) is 3.17. The number of hydrogen-bond donors (Lipinski definition) is 3. The Morgan fingerprint density at radius 1 is 1.23 bits per heavy atom. The summed E-state index contributed by atoms with van der Waals surface area (Å²) in [6.07, 6.45) is 13.9. The van der Waals surface area contributed by atoms with Crippen LogP contribution < -0.4 is 0 Å². The van der Waals surface area contributed by atoms with Gasteiger partial charge in [-0.2, -0.15) is 0 Å². The zero-order valence-corrected chi connectivity index (χ0v) is 25.9. The normalized spacial score (nSPS) is 37.6. The number of allylic oxidation sites excluding steroid dienone is 3. The van der Waals surface area contributed by atoms with Gasteiger partial charge in [-0.15, -0.1) is 0 Å². The Kier molecular flexibility index (Phi) is 9.65. The summed E-state index contributed by atoms with van der Waals surface area (Å²) in [7, 11) is 0. The molecule has 0 bridgehead atoms. The molecule has 6 atom stereocenters. The van der Waals surface area contributed by atoms with Crippen molar-refractivity contribution in [3.05, 3.63) is 35.5 Å². The molecule has 0 unspecified atom stereocenters. The SMILES string of the molecule is C=C1/C(=C\C=C2/CCC[C@]3(C)[C@@H]([C@H](C)CCCC(C)(C)O)CC[C@@H]23)C[C@@H](O)C[C@@H]1O.[PbH2]. The molecule has 3 aliphatic carbocycles. The molecule has 0 heterocycles. The quantitative estimate of drug-likeness (QED) is 0.373. The first-order valence-corrected chi connectivity index (χ1v) is 12.2. The topological polar surface area (TPSA) is 60.7 Å². The summed E-state index contributed by atoms with van der Waals surface area (Å²) in [4.78, 5) is 0. The molecule has 3 aliphatic rings. The molecule has 2 radical (unpaired) electrons. The van der Waals surface area contributed by atoms with E-state index in [2.05, 4.69) is 32.6 Å². The zero-order valence-electron chi connectivity index (χ0n) is 20.4. The van der Waals surface area contributed by atoms with Crippen LogP contribution in [0, 0.1) is 23.2 Å². The van der Waals surface area contributed by atoms with E-state index in [0.717, 1.165) is 29.9 Å². The second-order valence-corrected chi connectivity index (χ2v) is 11.3. The maximum atomic E-state index is 10.1. The summed E-state index contributed by atoms with van der Waals surface area (Å²) >= 11 is 0. The van der Waals surface area contributed by atoms with E-state index in [4.69, 9.17) is 0 Å². The van der Waals surface area contributed by atoms with E-state index >= 15 is 0 Å². The molecule has 3 N–H and O–H groups in total. The minimum atomic E-state index is -0.615. The van der Waals surface area contributed by atoms with Crippen LogP contribution in [-0.4, -0.2) is 60.4 Å². The number of aliphatic hydroxyl groups is 3. The summed E-state index contributed by atoms with van der Waals surface area (Å²) in [6, 6.07) is 0. The van der Waals surface area contributed by atoms with Crippen molar-refractivity contribution in [2.75, 3.05) is 0 Å². The molecule has 3 saturated carbocycles. The van der Waals surface area contributed by atoms with Gasteiger partial charge in [0.25, 0.3) is 0 Å². The standard InChI is InChI=1S/C27H44O3.Pb.2H/c1-18(8-6-14-26(3,4)30)23-12-13-24-20(9-7-15-27(23,24)5)10-11-21-16-22(28)17-25(29)19(21)2;;;/h10-11,18,22-25,28-30H,2,6-9,12-17H2,1,3-5H3;;;/b20-10+,21-11-;;;/t18-,22-,23-,24+,25+,27-;;;/m1.../s1. The van der Waals surface area contributed by atoms with E-state index in [1.165, 1.54) is 38.5 Å². The molecule has 3 nitrogen and oxygen atoms in total. The van der Waals surface area contributed by atoms with Crippen molar-refractivity contribution in [2.45, 2.75) is 110 Å². The van der Waals surface area contributed by atoms with Crippen LogP contribution in [0.1, 0.15) is 91.9 Å². The van der Waals surface area contributed by atoms with Crippen molar-refractivity contribution in [2.24, 2.45) is 23.2 Å². The minimum absolute atomic E-state index is 0. The Balaban J connectivity index is 0.00000341. The van der Waals surface area contributed by atoms with Crippen molar-refractivity contribution in [1.82, 2.24) is 0 Å². The van der Waals surface area contributed by atoms with Crippen LogP contribution in [0.2, 0.25) is 0 Å². The van der Waals surface area contributed by atoms with E-state index in [-0.39, 0.29) is 27.3 Å². The number of fused-ring (bicyclic) bond motifs is 1. The van der Waals surface area contributed by atoms with Gasteiger partial charge < -0.3 is 15.3 Å². The average molecular weight is 626 g/mol. The van der Waals surface area contributed by atoms with Crippen LogP contribution in [-0.2, 0) is 0 Å². The molecule has 176 valence electrons. The molecule has 0 saturated heterocycles. The predicted molar refractivity (Wildman–Crippen MR) is 133 cm³/mol. The fourth-order valence-electron chi connectivity index (χ4n) is 6.74. The van der Waals surface area contributed by atoms with E-state index in [9.17, 15) is 15.3 Å². The number of aliphatic hydroxyl groups excluding tert-OH is 2. The van der Waals surface area contributed by atoms with E-state index in [0.29, 0.717) is 30.1 Å². The summed E-state index contributed by atoms with van der Waals surface area (Å²) in [5.74, 6) is 2.11. The first-order valence-electron chi connectivity index (χ1n) is 12.2. The van der Waals surface area contributed by atoms with Gasteiger partial charge in [-0.3, -0.25) is 0 Å². The summed E-state index contributed by atoms with van der Waals surface area (Å²) in [6.45, 7) is 12.8. The second-order valence-electron chi connectivity index (χ2n) is 11.3. The molecule has 0 aliphatic heterocycles. The predicted octanol–water partition coefficient (Wildman–Crippen LogP) is 4.79. The van der Waals surface area contributed by atoms with Crippen LogP contribution in [0.3, 0.4) is 0 Å². The third kappa shape index (κ3) is 6.54. The molecule has 0 aromatic heterocycles. The van der Waals surface area contributed by atoms with Crippen LogP contribution in [0.15, 0.2) is 35.5 Å². The van der Waals surface area contributed by atoms with Gasteiger partial charge in [0.2, 0.25) is 0 Å².